The molecule has 2 N–H and O–H groups in total. The second kappa shape index (κ2) is 12.5. The first-order valence-corrected chi connectivity index (χ1v) is 10.7. The van der Waals surface area contributed by atoms with E-state index in [4.69, 9.17) is 4.74 Å². The normalized spacial score (nSPS) is 12.6. The molecule has 0 saturated heterocycles. The number of ether oxygens (including phenoxy) is 1. The molecule has 0 heterocycles. The molecular weight excluding hydrogens is 392 g/mol. The number of nitrogens with one attached hydrogen (secondary N) is 2. The lowest BCUT2D eigenvalue weighted by Gasteiger charge is -2.19. The van der Waals surface area contributed by atoms with Crippen LogP contribution in [0.1, 0.15) is 62.0 Å². The van der Waals surface area contributed by atoms with Crippen molar-refractivity contribution in [1.29, 1.82) is 0 Å². The molecule has 2 aromatic rings. The molecule has 31 heavy (non-hydrogen) atoms. The van der Waals surface area contributed by atoms with Crippen molar-refractivity contribution in [3.63, 3.8) is 0 Å². The van der Waals surface area contributed by atoms with Crippen LogP contribution in [-0.4, -0.2) is 30.4 Å². The van der Waals surface area contributed by atoms with Gasteiger partial charge in [0.15, 0.2) is 12.6 Å². The molecule has 0 bridgehead atoms. The zero-order valence-electron chi connectivity index (χ0n) is 18.5. The highest BCUT2D eigenvalue weighted by atomic mass is 16.5. The molecule has 6 heteroatoms. The van der Waals surface area contributed by atoms with Gasteiger partial charge in [-0.05, 0) is 37.0 Å². The summed E-state index contributed by atoms with van der Waals surface area (Å²) in [6.45, 7) is 5.88. The topological polar surface area (TPSA) is 84.5 Å². The average molecular weight is 425 g/mol. The van der Waals surface area contributed by atoms with Crippen LogP contribution in [0.4, 0.5) is 0 Å². The number of carbonyl (C=O) groups excluding carboxylic acids is 3. The maximum Gasteiger partial charge on any atom is 0.333 e. The van der Waals surface area contributed by atoms with E-state index in [0.717, 1.165) is 19.3 Å². The summed E-state index contributed by atoms with van der Waals surface area (Å²) in [5.74, 6) is -0.802. The van der Waals surface area contributed by atoms with Crippen LogP contribution in [0.2, 0.25) is 0 Å². The Morgan fingerprint density at radius 3 is 2.06 bits per heavy atom. The summed E-state index contributed by atoms with van der Waals surface area (Å²) < 4.78 is 5.24. The number of rotatable bonds is 11. The molecule has 0 spiro atoms. The van der Waals surface area contributed by atoms with Crippen LogP contribution in [0.5, 0.6) is 0 Å². The predicted molar refractivity (Wildman–Crippen MR) is 120 cm³/mol. The Hall–Kier alpha value is -3.15. The molecule has 0 radical (unpaired) electrons. The number of esters is 1. The minimum absolute atomic E-state index is 0.00709. The Morgan fingerprint density at radius 2 is 1.45 bits per heavy atom. The van der Waals surface area contributed by atoms with Crippen LogP contribution in [-0.2, 0) is 14.3 Å². The molecular formula is C25H32N2O4. The minimum Gasteiger partial charge on any atom is -0.454 e. The van der Waals surface area contributed by atoms with Crippen molar-refractivity contribution in [3.8, 4) is 0 Å². The van der Waals surface area contributed by atoms with Crippen molar-refractivity contribution in [1.82, 2.24) is 10.6 Å². The average Bonchev–Trinajstić information content (AvgIpc) is 2.76. The summed E-state index contributed by atoms with van der Waals surface area (Å²) in [4.78, 5) is 37.5. The molecule has 2 atom stereocenters. The maximum absolute atomic E-state index is 12.7. The highest BCUT2D eigenvalue weighted by Gasteiger charge is 2.25. The van der Waals surface area contributed by atoms with Crippen LogP contribution >= 0.6 is 0 Å². The standard InChI is InChI=1S/C25H32N2O4/c1-18(2)11-10-12-19(3)26-22(28)17-31-25(30)23(20-13-6-4-7-14-20)27-24(29)21-15-8-5-9-16-21/h4-9,13-16,18-19,23H,10-12,17H2,1-3H3,(H,26,28)(H,27,29). The highest BCUT2D eigenvalue weighted by Crippen LogP contribution is 2.16. The molecule has 2 unspecified atom stereocenters. The van der Waals surface area contributed by atoms with E-state index in [1.54, 1.807) is 48.5 Å². The smallest absolute Gasteiger partial charge is 0.333 e. The lowest BCUT2D eigenvalue weighted by molar-refractivity contribution is -0.150. The minimum atomic E-state index is -1.01. The second-order valence-corrected chi connectivity index (χ2v) is 8.08. The van der Waals surface area contributed by atoms with Crippen LogP contribution in [0.3, 0.4) is 0 Å². The summed E-state index contributed by atoms with van der Waals surface area (Å²) in [7, 11) is 0. The zero-order chi connectivity index (χ0) is 22.6. The third kappa shape index (κ3) is 8.62. The molecule has 166 valence electrons. The van der Waals surface area contributed by atoms with E-state index in [1.165, 1.54) is 0 Å². The van der Waals surface area contributed by atoms with Crippen LogP contribution < -0.4 is 10.6 Å². The van der Waals surface area contributed by atoms with Gasteiger partial charge in [-0.25, -0.2) is 4.79 Å². The van der Waals surface area contributed by atoms with E-state index in [0.29, 0.717) is 17.0 Å². The number of carbonyl (C=O) groups is 3. The van der Waals surface area contributed by atoms with Gasteiger partial charge in [0.25, 0.3) is 11.8 Å². The molecule has 6 nitrogen and oxygen atoms in total. The van der Waals surface area contributed by atoms with Gasteiger partial charge in [-0.2, -0.15) is 0 Å². The van der Waals surface area contributed by atoms with Gasteiger partial charge in [-0.15, -0.1) is 0 Å². The van der Waals surface area contributed by atoms with Gasteiger partial charge < -0.3 is 15.4 Å². The molecule has 2 amide bonds. The van der Waals surface area contributed by atoms with Gasteiger partial charge in [-0.1, -0.05) is 75.2 Å². The molecule has 0 aliphatic carbocycles. The lowest BCUT2D eigenvalue weighted by Crippen LogP contribution is -2.39. The van der Waals surface area contributed by atoms with E-state index in [9.17, 15) is 14.4 Å². The van der Waals surface area contributed by atoms with Crippen molar-refractivity contribution in [2.24, 2.45) is 5.92 Å². The number of benzene rings is 2. The first kappa shape index (κ1) is 24.1. The van der Waals surface area contributed by atoms with Gasteiger partial charge in [0.1, 0.15) is 0 Å². The van der Waals surface area contributed by atoms with E-state index < -0.39 is 24.5 Å². The van der Waals surface area contributed by atoms with Crippen molar-refractivity contribution in [3.05, 3.63) is 71.8 Å². The molecule has 0 aromatic heterocycles. The van der Waals surface area contributed by atoms with E-state index >= 15 is 0 Å². The molecule has 0 aliphatic rings. The van der Waals surface area contributed by atoms with Crippen LogP contribution in [0.15, 0.2) is 60.7 Å². The highest BCUT2D eigenvalue weighted by molar-refractivity contribution is 5.97. The van der Waals surface area contributed by atoms with E-state index in [1.807, 2.05) is 19.1 Å². The molecule has 0 aliphatic heterocycles. The second-order valence-electron chi connectivity index (χ2n) is 8.08. The third-order valence-electron chi connectivity index (χ3n) is 4.85. The SMILES string of the molecule is CC(C)CCCC(C)NC(=O)COC(=O)C(NC(=O)c1ccccc1)c1ccccc1. The molecule has 0 fully saturated rings. The molecule has 2 aromatic carbocycles. The van der Waals surface area contributed by atoms with Crippen molar-refractivity contribution < 1.29 is 19.1 Å². The summed E-state index contributed by atoms with van der Waals surface area (Å²) in [5, 5.41) is 5.56. The molecule has 2 rings (SSSR count). The van der Waals surface area contributed by atoms with Gasteiger partial charge in [0, 0.05) is 11.6 Å². The Balaban J connectivity index is 1.94. The summed E-state index contributed by atoms with van der Waals surface area (Å²) in [6, 6.07) is 16.5. The Labute approximate surface area is 184 Å². The number of hydrogen-bond donors (Lipinski definition) is 2. The Kier molecular flexibility index (Phi) is 9.75. The lowest BCUT2D eigenvalue weighted by atomic mass is 10.0. The summed E-state index contributed by atoms with van der Waals surface area (Å²) in [5.41, 5.74) is 1.02. The van der Waals surface area contributed by atoms with Crippen molar-refractivity contribution in [2.75, 3.05) is 6.61 Å². The predicted octanol–water partition coefficient (Wildman–Crippen LogP) is 4.03. The molecule has 0 saturated carbocycles. The fourth-order valence-electron chi connectivity index (χ4n) is 3.17. The fraction of sp³-hybridized carbons (Fsp3) is 0.400. The zero-order valence-corrected chi connectivity index (χ0v) is 18.5. The van der Waals surface area contributed by atoms with Crippen LogP contribution in [0, 0.1) is 5.92 Å². The summed E-state index contributed by atoms with van der Waals surface area (Å²) >= 11 is 0. The first-order chi connectivity index (χ1) is 14.9. The number of amides is 2. The first-order valence-electron chi connectivity index (χ1n) is 10.7. The van der Waals surface area contributed by atoms with Crippen molar-refractivity contribution in [2.45, 2.75) is 52.1 Å². The van der Waals surface area contributed by atoms with Gasteiger partial charge in [0.05, 0.1) is 0 Å². The fourth-order valence-corrected chi connectivity index (χ4v) is 3.17. The third-order valence-corrected chi connectivity index (χ3v) is 4.85. The van der Waals surface area contributed by atoms with Gasteiger partial charge >= 0.3 is 5.97 Å². The quantitative estimate of drug-likeness (QED) is 0.534. The van der Waals surface area contributed by atoms with E-state index in [-0.39, 0.29) is 11.9 Å². The van der Waals surface area contributed by atoms with Gasteiger partial charge in [0.2, 0.25) is 0 Å². The monoisotopic (exact) mass is 424 g/mol. The Bertz CT molecular complexity index is 837. The summed E-state index contributed by atoms with van der Waals surface area (Å²) in [6.07, 6.45) is 3.01. The number of hydrogen-bond acceptors (Lipinski definition) is 4. The Morgan fingerprint density at radius 1 is 0.839 bits per heavy atom. The van der Waals surface area contributed by atoms with Crippen LogP contribution in [0.25, 0.3) is 0 Å². The maximum atomic E-state index is 12.7. The van der Waals surface area contributed by atoms with Crippen molar-refractivity contribution >= 4 is 17.8 Å². The largest absolute Gasteiger partial charge is 0.454 e. The van der Waals surface area contributed by atoms with Gasteiger partial charge in [-0.3, -0.25) is 9.59 Å². The van der Waals surface area contributed by atoms with E-state index in [2.05, 4.69) is 24.5 Å².